The maximum Gasteiger partial charge on any atom is 0.275 e. The first kappa shape index (κ1) is 18.7. The lowest BCUT2D eigenvalue weighted by Crippen LogP contribution is -2.47. The van der Waals surface area contributed by atoms with Crippen molar-refractivity contribution in [3.8, 4) is 11.6 Å². The summed E-state index contributed by atoms with van der Waals surface area (Å²) in [6.07, 6.45) is 5.99. The second-order valence-corrected chi connectivity index (χ2v) is 7.96. The molecular formula is C21H21FN6O2. The molecule has 1 saturated carbocycles. The van der Waals surface area contributed by atoms with Crippen LogP contribution < -0.4 is 4.74 Å². The predicted molar refractivity (Wildman–Crippen MR) is 105 cm³/mol. The summed E-state index contributed by atoms with van der Waals surface area (Å²) >= 11 is 0. The van der Waals surface area contributed by atoms with E-state index in [0.29, 0.717) is 23.8 Å². The Morgan fingerprint density at radius 3 is 2.73 bits per heavy atom. The number of ether oxygens (including phenoxy) is 1. The van der Waals surface area contributed by atoms with Crippen LogP contribution in [0.4, 0.5) is 4.39 Å². The summed E-state index contributed by atoms with van der Waals surface area (Å²) in [5.74, 6) is -0.374. The number of carbonyl (C=O) groups is 1. The molecule has 0 aromatic carbocycles. The topological polar surface area (TPSA) is 86.0 Å². The van der Waals surface area contributed by atoms with Gasteiger partial charge in [-0.15, -0.1) is 4.80 Å². The molecule has 2 aliphatic rings. The first-order valence-corrected chi connectivity index (χ1v) is 9.93. The highest BCUT2D eigenvalue weighted by Gasteiger charge is 2.49. The van der Waals surface area contributed by atoms with Crippen LogP contribution in [0.25, 0.3) is 5.69 Å². The van der Waals surface area contributed by atoms with Gasteiger partial charge in [0.05, 0.1) is 18.4 Å². The van der Waals surface area contributed by atoms with Crippen LogP contribution in [0.15, 0.2) is 36.8 Å². The van der Waals surface area contributed by atoms with E-state index >= 15 is 0 Å². The van der Waals surface area contributed by atoms with E-state index in [1.54, 1.807) is 36.5 Å². The molecule has 1 saturated heterocycles. The molecule has 2 fully saturated rings. The number of halogens is 1. The Balaban J connectivity index is 1.42. The van der Waals surface area contributed by atoms with Gasteiger partial charge in [0.1, 0.15) is 11.8 Å². The van der Waals surface area contributed by atoms with Gasteiger partial charge in [0.15, 0.2) is 11.5 Å². The standard InChI is InChI=1S/C21H21FN6O2/c1-12-7-15(22)20(23-10-12)30-18-9-14-8-17(18)27(11-14)21(29)19-16(4-3-13(2)26-19)28-24-5-6-25-28/h3-7,10,14,17-18H,8-9,11H2,1-2H3. The number of aromatic nitrogens is 5. The lowest BCUT2D eigenvalue weighted by atomic mass is 10.1. The molecule has 0 N–H and O–H groups in total. The average molecular weight is 408 g/mol. The second kappa shape index (κ2) is 7.16. The van der Waals surface area contributed by atoms with Crippen molar-refractivity contribution < 1.29 is 13.9 Å². The Bertz CT molecular complexity index is 1100. The highest BCUT2D eigenvalue weighted by atomic mass is 19.1. The highest BCUT2D eigenvalue weighted by molar-refractivity contribution is 5.96. The number of amides is 1. The third kappa shape index (κ3) is 3.20. The minimum atomic E-state index is -0.483. The van der Waals surface area contributed by atoms with Gasteiger partial charge in [-0.25, -0.2) is 14.4 Å². The fraction of sp³-hybridized carbons (Fsp3) is 0.381. The number of piperidine rings is 1. The molecule has 9 heteroatoms. The van der Waals surface area contributed by atoms with Crippen LogP contribution in [0.2, 0.25) is 0 Å². The number of aryl methyl sites for hydroxylation is 2. The van der Waals surface area contributed by atoms with Gasteiger partial charge in [-0.2, -0.15) is 10.2 Å². The molecule has 3 unspecified atom stereocenters. The lowest BCUT2D eigenvalue weighted by Gasteiger charge is -2.33. The number of carbonyl (C=O) groups excluding carboxylic acids is 1. The van der Waals surface area contributed by atoms with Gasteiger partial charge in [-0.1, -0.05) is 0 Å². The molecule has 1 aliphatic heterocycles. The molecule has 30 heavy (non-hydrogen) atoms. The van der Waals surface area contributed by atoms with E-state index in [1.807, 2.05) is 13.0 Å². The van der Waals surface area contributed by atoms with Crippen LogP contribution in [0, 0.1) is 25.6 Å². The molecule has 0 spiro atoms. The summed E-state index contributed by atoms with van der Waals surface area (Å²) in [6, 6.07) is 4.87. The average Bonchev–Trinajstić information content (AvgIpc) is 3.46. The smallest absolute Gasteiger partial charge is 0.275 e. The van der Waals surface area contributed by atoms with Crippen molar-refractivity contribution >= 4 is 5.91 Å². The number of pyridine rings is 2. The maximum absolute atomic E-state index is 14.2. The Labute approximate surface area is 172 Å². The zero-order valence-electron chi connectivity index (χ0n) is 16.7. The van der Waals surface area contributed by atoms with Crippen LogP contribution in [0.3, 0.4) is 0 Å². The van der Waals surface area contributed by atoms with Gasteiger partial charge < -0.3 is 9.64 Å². The predicted octanol–water partition coefficient (Wildman–Crippen LogP) is 2.50. The van der Waals surface area contributed by atoms with E-state index in [-0.39, 0.29) is 23.9 Å². The van der Waals surface area contributed by atoms with Gasteiger partial charge in [0, 0.05) is 18.4 Å². The van der Waals surface area contributed by atoms with Gasteiger partial charge in [-0.3, -0.25) is 4.79 Å². The van der Waals surface area contributed by atoms with E-state index in [4.69, 9.17) is 4.74 Å². The molecular weight excluding hydrogens is 387 g/mol. The van der Waals surface area contributed by atoms with Gasteiger partial charge in [0.25, 0.3) is 11.8 Å². The zero-order valence-corrected chi connectivity index (χ0v) is 16.7. The molecule has 4 heterocycles. The SMILES string of the molecule is Cc1cnc(OC2CC3CC2N(C(=O)c2nc(C)ccc2-n2nccn2)C3)c(F)c1. The van der Waals surface area contributed by atoms with E-state index in [0.717, 1.165) is 24.1 Å². The number of rotatable bonds is 4. The normalized spacial score (nSPS) is 22.5. The monoisotopic (exact) mass is 408 g/mol. The van der Waals surface area contributed by atoms with Crippen LogP contribution in [0.1, 0.15) is 34.6 Å². The fourth-order valence-electron chi connectivity index (χ4n) is 4.42. The Morgan fingerprint density at radius 1 is 1.20 bits per heavy atom. The van der Waals surface area contributed by atoms with Crippen molar-refractivity contribution in [2.24, 2.45) is 5.92 Å². The number of likely N-dealkylation sites (tertiary alicyclic amines) is 1. The van der Waals surface area contributed by atoms with Gasteiger partial charge >= 0.3 is 0 Å². The van der Waals surface area contributed by atoms with E-state index in [1.165, 1.54) is 10.9 Å². The van der Waals surface area contributed by atoms with Crippen LogP contribution in [-0.2, 0) is 0 Å². The summed E-state index contributed by atoms with van der Waals surface area (Å²) in [5, 5.41) is 8.28. The molecule has 0 radical (unpaired) electrons. The Morgan fingerprint density at radius 2 is 2.00 bits per heavy atom. The van der Waals surface area contributed by atoms with Crippen LogP contribution >= 0.6 is 0 Å². The molecule has 3 atom stereocenters. The summed E-state index contributed by atoms with van der Waals surface area (Å²) in [6.45, 7) is 4.25. The van der Waals surface area contributed by atoms with Crippen molar-refractivity contribution in [2.45, 2.75) is 38.8 Å². The number of nitrogens with zero attached hydrogens (tertiary/aromatic N) is 6. The van der Waals surface area contributed by atoms with E-state index in [2.05, 4.69) is 20.2 Å². The minimum absolute atomic E-state index is 0.0133. The van der Waals surface area contributed by atoms with Crippen molar-refractivity contribution in [3.05, 3.63) is 59.6 Å². The van der Waals surface area contributed by atoms with E-state index in [9.17, 15) is 9.18 Å². The molecule has 1 amide bonds. The van der Waals surface area contributed by atoms with E-state index < -0.39 is 5.82 Å². The molecule has 3 aromatic rings. The third-order valence-corrected chi connectivity index (χ3v) is 5.74. The first-order valence-electron chi connectivity index (χ1n) is 9.93. The van der Waals surface area contributed by atoms with Gasteiger partial charge in [0.2, 0.25) is 0 Å². The zero-order chi connectivity index (χ0) is 20.8. The third-order valence-electron chi connectivity index (χ3n) is 5.74. The Kier molecular flexibility index (Phi) is 4.45. The molecule has 3 aromatic heterocycles. The molecule has 154 valence electrons. The summed E-state index contributed by atoms with van der Waals surface area (Å²) < 4.78 is 20.1. The number of hydrogen-bond donors (Lipinski definition) is 0. The van der Waals surface area contributed by atoms with Crippen molar-refractivity contribution in [1.29, 1.82) is 0 Å². The Hall–Kier alpha value is -3.36. The van der Waals surface area contributed by atoms with Crippen LogP contribution in [-0.4, -0.2) is 54.5 Å². The number of fused-ring (bicyclic) bond motifs is 2. The molecule has 2 bridgehead atoms. The molecule has 5 rings (SSSR count). The number of hydrogen-bond acceptors (Lipinski definition) is 6. The quantitative estimate of drug-likeness (QED) is 0.659. The molecule has 8 nitrogen and oxygen atoms in total. The maximum atomic E-state index is 14.2. The fourth-order valence-corrected chi connectivity index (χ4v) is 4.42. The highest BCUT2D eigenvalue weighted by Crippen LogP contribution is 2.40. The second-order valence-electron chi connectivity index (χ2n) is 7.96. The van der Waals surface area contributed by atoms with Crippen molar-refractivity contribution in [2.75, 3.05) is 6.54 Å². The molecule has 1 aliphatic carbocycles. The first-order chi connectivity index (χ1) is 14.5. The summed E-state index contributed by atoms with van der Waals surface area (Å²) in [7, 11) is 0. The lowest BCUT2D eigenvalue weighted by molar-refractivity contribution is 0.0450. The van der Waals surface area contributed by atoms with Crippen molar-refractivity contribution in [3.63, 3.8) is 0 Å². The van der Waals surface area contributed by atoms with Crippen molar-refractivity contribution in [1.82, 2.24) is 29.9 Å². The van der Waals surface area contributed by atoms with Crippen LogP contribution in [0.5, 0.6) is 5.88 Å². The largest absolute Gasteiger partial charge is 0.470 e. The van der Waals surface area contributed by atoms with Gasteiger partial charge in [-0.05, 0) is 56.4 Å². The summed E-state index contributed by atoms with van der Waals surface area (Å²) in [4.78, 5) is 25.2. The minimum Gasteiger partial charge on any atom is -0.470 e. The summed E-state index contributed by atoms with van der Waals surface area (Å²) in [5.41, 5.74) is 2.30.